The first kappa shape index (κ1) is 11.1. The number of benzene rings is 1. The molecule has 0 bridgehead atoms. The number of carbonyl (C=O) groups excluding carboxylic acids is 1. The number of fused-ring (bicyclic) bond motifs is 1. The number of aromatic amines is 1. The minimum Gasteiger partial charge on any atom is -0.345 e. The predicted molar refractivity (Wildman–Crippen MR) is 68.2 cm³/mol. The Balaban J connectivity index is 2.12. The van der Waals surface area contributed by atoms with Gasteiger partial charge in [-0.25, -0.2) is 4.98 Å². The zero-order valence-corrected chi connectivity index (χ0v) is 9.58. The molecule has 0 fully saturated rings. The number of rotatable bonds is 2. The van der Waals surface area contributed by atoms with Crippen molar-refractivity contribution >= 4 is 28.9 Å². The summed E-state index contributed by atoms with van der Waals surface area (Å²) in [5.41, 5.74) is 1.37. The Bertz CT molecular complexity index is 704. The van der Waals surface area contributed by atoms with E-state index in [1.165, 1.54) is 18.2 Å². The van der Waals surface area contributed by atoms with Crippen LogP contribution in [0.5, 0.6) is 0 Å². The number of amides is 1. The van der Waals surface area contributed by atoms with Crippen molar-refractivity contribution in [2.45, 2.75) is 0 Å². The molecule has 2 heterocycles. The van der Waals surface area contributed by atoms with Gasteiger partial charge in [-0.2, -0.15) is 0 Å². The van der Waals surface area contributed by atoms with Crippen LogP contribution in [-0.2, 0) is 4.79 Å². The fraction of sp³-hybridized carbons (Fsp3) is 0. The molecule has 3 rings (SSSR count). The lowest BCUT2D eigenvalue weighted by Crippen LogP contribution is -2.03. The van der Waals surface area contributed by atoms with Gasteiger partial charge in [0.1, 0.15) is 5.82 Å². The van der Waals surface area contributed by atoms with E-state index in [1.54, 1.807) is 18.5 Å². The van der Waals surface area contributed by atoms with Gasteiger partial charge in [0.05, 0.1) is 10.5 Å². The Morgan fingerprint density at radius 3 is 2.89 bits per heavy atom. The van der Waals surface area contributed by atoms with Gasteiger partial charge in [-0.3, -0.25) is 14.9 Å². The van der Waals surface area contributed by atoms with Crippen molar-refractivity contribution in [2.24, 2.45) is 0 Å². The second-order valence-corrected chi connectivity index (χ2v) is 3.97. The number of carbonyl (C=O) groups is 1. The zero-order chi connectivity index (χ0) is 13.4. The van der Waals surface area contributed by atoms with E-state index in [0.717, 1.165) is 0 Å². The molecule has 1 amide bonds. The minimum atomic E-state index is -0.492. The fourth-order valence-electron chi connectivity index (χ4n) is 1.93. The van der Waals surface area contributed by atoms with E-state index in [4.69, 9.17) is 0 Å². The summed E-state index contributed by atoms with van der Waals surface area (Å²) in [4.78, 5) is 29.0. The largest absolute Gasteiger partial charge is 0.345 e. The van der Waals surface area contributed by atoms with Crippen LogP contribution in [0.2, 0.25) is 0 Å². The molecule has 1 aliphatic rings. The number of anilines is 1. The van der Waals surface area contributed by atoms with Gasteiger partial charge in [-0.15, -0.1) is 0 Å². The summed E-state index contributed by atoms with van der Waals surface area (Å²) in [7, 11) is 0. The summed E-state index contributed by atoms with van der Waals surface area (Å²) in [6.07, 6.45) is 4.76. The summed E-state index contributed by atoms with van der Waals surface area (Å²) < 4.78 is 0. The van der Waals surface area contributed by atoms with Crippen LogP contribution in [-0.4, -0.2) is 20.8 Å². The summed E-state index contributed by atoms with van der Waals surface area (Å²) in [5, 5.41) is 13.4. The number of nitro benzene ring substituents is 1. The maximum Gasteiger partial charge on any atom is 0.270 e. The summed E-state index contributed by atoms with van der Waals surface area (Å²) in [6, 6.07) is 4.26. The van der Waals surface area contributed by atoms with Gasteiger partial charge in [0.2, 0.25) is 0 Å². The van der Waals surface area contributed by atoms with E-state index in [9.17, 15) is 14.9 Å². The molecule has 0 saturated heterocycles. The highest BCUT2D eigenvalue weighted by atomic mass is 16.6. The van der Waals surface area contributed by atoms with Crippen LogP contribution in [0.3, 0.4) is 0 Å². The average molecular weight is 256 g/mol. The lowest BCUT2D eigenvalue weighted by molar-refractivity contribution is -0.384. The minimum absolute atomic E-state index is 0.0550. The Kier molecular flexibility index (Phi) is 2.38. The molecule has 7 nitrogen and oxygen atoms in total. The van der Waals surface area contributed by atoms with Crippen molar-refractivity contribution in [3.05, 3.63) is 52.1 Å². The lowest BCUT2D eigenvalue weighted by atomic mass is 10.1. The highest BCUT2D eigenvalue weighted by Crippen LogP contribution is 2.35. The average Bonchev–Trinajstić information content (AvgIpc) is 2.98. The normalized spacial score (nSPS) is 15.4. The standard InChI is InChI=1S/C12H8N4O3/c17-12-9(6-11-13-3-4-14-11)8-5-7(16(18)19)1-2-10(8)15-12/h1-6H,(H,13,14)(H,15,17). The number of aromatic nitrogens is 2. The molecule has 0 unspecified atom stereocenters. The zero-order valence-electron chi connectivity index (χ0n) is 9.58. The smallest absolute Gasteiger partial charge is 0.270 e. The number of hydrogen-bond acceptors (Lipinski definition) is 4. The molecule has 1 aromatic carbocycles. The maximum atomic E-state index is 11.8. The van der Waals surface area contributed by atoms with E-state index in [1.807, 2.05) is 0 Å². The van der Waals surface area contributed by atoms with Gasteiger partial charge in [0, 0.05) is 35.8 Å². The molecule has 0 aliphatic carbocycles. The maximum absolute atomic E-state index is 11.8. The summed E-state index contributed by atoms with van der Waals surface area (Å²) in [6.45, 7) is 0. The van der Waals surface area contributed by atoms with Crippen molar-refractivity contribution in [1.29, 1.82) is 0 Å². The number of hydrogen-bond donors (Lipinski definition) is 2. The van der Waals surface area contributed by atoms with Crippen molar-refractivity contribution in [3.63, 3.8) is 0 Å². The molecule has 94 valence electrons. The summed E-state index contributed by atoms with van der Waals surface area (Å²) >= 11 is 0. The van der Waals surface area contributed by atoms with E-state index >= 15 is 0 Å². The van der Waals surface area contributed by atoms with Gasteiger partial charge in [0.15, 0.2) is 0 Å². The van der Waals surface area contributed by atoms with Crippen LogP contribution in [0.25, 0.3) is 11.6 Å². The number of non-ortho nitro benzene ring substituents is 1. The third kappa shape index (κ3) is 1.86. The Labute approximate surface area is 107 Å². The van der Waals surface area contributed by atoms with Crippen molar-refractivity contribution in [1.82, 2.24) is 9.97 Å². The predicted octanol–water partition coefficient (Wildman–Crippen LogP) is 1.81. The molecule has 2 N–H and O–H groups in total. The van der Waals surface area contributed by atoms with Crippen molar-refractivity contribution in [2.75, 3.05) is 5.32 Å². The summed E-state index contributed by atoms with van der Waals surface area (Å²) in [5.74, 6) is 0.219. The molecule has 2 aromatic rings. The SMILES string of the molecule is O=C1Nc2ccc([N+](=O)[O-])cc2C1=Cc1ncc[nH]1. The van der Waals surface area contributed by atoms with E-state index in [-0.39, 0.29) is 11.6 Å². The molecule has 7 heteroatoms. The number of nitrogens with one attached hydrogen (secondary N) is 2. The van der Waals surface area contributed by atoms with Gasteiger partial charge in [-0.05, 0) is 12.1 Å². The number of nitrogens with zero attached hydrogens (tertiary/aromatic N) is 2. The topological polar surface area (TPSA) is 101 Å². The first-order valence-electron chi connectivity index (χ1n) is 5.46. The number of imidazole rings is 1. The molecule has 0 radical (unpaired) electrons. The molecule has 0 saturated carbocycles. The van der Waals surface area contributed by atoms with Crippen LogP contribution in [0.1, 0.15) is 11.4 Å². The molecule has 0 spiro atoms. The monoisotopic (exact) mass is 256 g/mol. The third-order valence-electron chi connectivity index (χ3n) is 2.80. The Hall–Kier alpha value is -2.96. The second-order valence-electron chi connectivity index (χ2n) is 3.97. The molecule has 0 atom stereocenters. The fourth-order valence-corrected chi connectivity index (χ4v) is 1.93. The lowest BCUT2D eigenvalue weighted by Gasteiger charge is -1.97. The van der Waals surface area contributed by atoms with E-state index < -0.39 is 4.92 Å². The molecule has 1 aliphatic heterocycles. The quantitative estimate of drug-likeness (QED) is 0.486. The van der Waals surface area contributed by atoms with E-state index in [0.29, 0.717) is 22.6 Å². The van der Waals surface area contributed by atoms with Crippen LogP contribution in [0.4, 0.5) is 11.4 Å². The highest BCUT2D eigenvalue weighted by molar-refractivity contribution is 6.34. The third-order valence-corrected chi connectivity index (χ3v) is 2.80. The molecular formula is C12H8N4O3. The van der Waals surface area contributed by atoms with Gasteiger partial charge in [-0.1, -0.05) is 0 Å². The van der Waals surface area contributed by atoms with E-state index in [2.05, 4.69) is 15.3 Å². The van der Waals surface area contributed by atoms with Gasteiger partial charge >= 0.3 is 0 Å². The van der Waals surface area contributed by atoms with Crippen LogP contribution >= 0.6 is 0 Å². The van der Waals surface area contributed by atoms with Crippen LogP contribution < -0.4 is 5.32 Å². The first-order valence-corrected chi connectivity index (χ1v) is 5.46. The van der Waals surface area contributed by atoms with Gasteiger partial charge < -0.3 is 10.3 Å². The van der Waals surface area contributed by atoms with Crippen LogP contribution in [0, 0.1) is 10.1 Å². The molecule has 19 heavy (non-hydrogen) atoms. The van der Waals surface area contributed by atoms with Crippen molar-refractivity contribution < 1.29 is 9.72 Å². The van der Waals surface area contributed by atoms with Crippen LogP contribution in [0.15, 0.2) is 30.6 Å². The first-order chi connectivity index (χ1) is 9.15. The Morgan fingerprint density at radius 1 is 1.37 bits per heavy atom. The molecule has 1 aromatic heterocycles. The van der Waals surface area contributed by atoms with Gasteiger partial charge in [0.25, 0.3) is 11.6 Å². The molecular weight excluding hydrogens is 248 g/mol. The van der Waals surface area contributed by atoms with Crippen molar-refractivity contribution in [3.8, 4) is 0 Å². The highest BCUT2D eigenvalue weighted by Gasteiger charge is 2.26. The number of nitro groups is 1. The second kappa shape index (κ2) is 4.05. The number of H-pyrrole nitrogens is 1. The Morgan fingerprint density at radius 2 is 2.21 bits per heavy atom.